The van der Waals surface area contributed by atoms with Crippen LogP contribution in [0.3, 0.4) is 0 Å². The third kappa shape index (κ3) is 3.34. The van der Waals surface area contributed by atoms with E-state index in [9.17, 15) is 9.90 Å². The zero-order valence-corrected chi connectivity index (χ0v) is 6.87. The molecule has 1 radical (unpaired) electrons. The standard InChI is InChI=1S/C7H14NO3/c1-3-5(2)6(8)7(10)11-4-9/h5-6H,3-4,8H2,1-2H3. The second kappa shape index (κ2) is 5.09. The zero-order chi connectivity index (χ0) is 8.85. The lowest BCUT2D eigenvalue weighted by molar-refractivity contribution is -0.158. The number of ether oxygens (including phenoxy) is 1. The number of nitrogens with two attached hydrogens (primary N) is 1. The fourth-order valence-electron chi connectivity index (χ4n) is 0.641. The highest BCUT2D eigenvalue weighted by Gasteiger charge is 2.20. The molecule has 4 heteroatoms. The Morgan fingerprint density at radius 2 is 2.18 bits per heavy atom. The third-order valence-electron chi connectivity index (χ3n) is 1.73. The van der Waals surface area contributed by atoms with E-state index in [4.69, 9.17) is 5.73 Å². The molecule has 0 spiro atoms. The van der Waals surface area contributed by atoms with Gasteiger partial charge in [0.15, 0.2) is 0 Å². The van der Waals surface area contributed by atoms with Crippen LogP contribution in [0.2, 0.25) is 0 Å². The molecule has 2 unspecified atom stereocenters. The van der Waals surface area contributed by atoms with E-state index in [1.54, 1.807) is 0 Å². The summed E-state index contributed by atoms with van der Waals surface area (Å²) >= 11 is 0. The fraction of sp³-hybridized carbons (Fsp3) is 0.857. The maximum atomic E-state index is 10.8. The quantitative estimate of drug-likeness (QED) is 0.474. The van der Waals surface area contributed by atoms with Gasteiger partial charge < -0.3 is 10.5 Å². The van der Waals surface area contributed by atoms with Crippen molar-refractivity contribution in [2.75, 3.05) is 6.79 Å². The minimum Gasteiger partial charge on any atom is -0.434 e. The van der Waals surface area contributed by atoms with Gasteiger partial charge >= 0.3 is 5.97 Å². The van der Waals surface area contributed by atoms with Crippen LogP contribution in [0.25, 0.3) is 0 Å². The second-order valence-corrected chi connectivity index (χ2v) is 2.49. The summed E-state index contributed by atoms with van der Waals surface area (Å²) in [5.74, 6) is -0.539. The molecule has 0 amide bonds. The molecule has 65 valence electrons. The van der Waals surface area contributed by atoms with Crippen molar-refractivity contribution in [1.29, 1.82) is 0 Å². The topological polar surface area (TPSA) is 72.2 Å². The lowest BCUT2D eigenvalue weighted by atomic mass is 10.0. The first-order valence-corrected chi connectivity index (χ1v) is 3.63. The van der Waals surface area contributed by atoms with Crippen molar-refractivity contribution in [3.05, 3.63) is 0 Å². The van der Waals surface area contributed by atoms with E-state index < -0.39 is 18.8 Å². The van der Waals surface area contributed by atoms with Gasteiger partial charge in [0.2, 0.25) is 6.79 Å². The Kier molecular flexibility index (Phi) is 4.81. The molecule has 0 aliphatic carbocycles. The molecule has 11 heavy (non-hydrogen) atoms. The van der Waals surface area contributed by atoms with Gasteiger partial charge in [-0.1, -0.05) is 20.3 Å². The smallest absolute Gasteiger partial charge is 0.325 e. The molecule has 0 heterocycles. The van der Waals surface area contributed by atoms with Crippen LogP contribution < -0.4 is 5.73 Å². The molecule has 0 saturated heterocycles. The molecule has 4 nitrogen and oxygen atoms in total. The van der Waals surface area contributed by atoms with Gasteiger partial charge in [-0.2, -0.15) is 5.11 Å². The number of hydrogen-bond acceptors (Lipinski definition) is 3. The first kappa shape index (κ1) is 10.4. The largest absolute Gasteiger partial charge is 0.434 e. The summed E-state index contributed by atoms with van der Waals surface area (Å²) in [4.78, 5) is 10.8. The summed E-state index contributed by atoms with van der Waals surface area (Å²) < 4.78 is 4.21. The lowest BCUT2D eigenvalue weighted by Gasteiger charge is -2.15. The van der Waals surface area contributed by atoms with Crippen LogP contribution >= 0.6 is 0 Å². The first-order chi connectivity index (χ1) is 5.13. The Bertz CT molecular complexity index is 127. The van der Waals surface area contributed by atoms with Crippen LogP contribution in [0, 0.1) is 5.92 Å². The second-order valence-electron chi connectivity index (χ2n) is 2.49. The number of rotatable bonds is 4. The van der Waals surface area contributed by atoms with Crippen molar-refractivity contribution < 1.29 is 14.6 Å². The molecular formula is C7H14NO3. The maximum absolute atomic E-state index is 10.8. The molecule has 0 aliphatic rings. The van der Waals surface area contributed by atoms with Gasteiger partial charge in [-0.15, -0.1) is 0 Å². The Hall–Kier alpha value is -0.610. The van der Waals surface area contributed by atoms with Crippen LogP contribution in [0.15, 0.2) is 0 Å². The van der Waals surface area contributed by atoms with E-state index >= 15 is 0 Å². The summed E-state index contributed by atoms with van der Waals surface area (Å²) in [5.41, 5.74) is 5.44. The molecule has 0 aromatic carbocycles. The Morgan fingerprint density at radius 1 is 1.64 bits per heavy atom. The van der Waals surface area contributed by atoms with E-state index in [0.29, 0.717) is 0 Å². The van der Waals surface area contributed by atoms with Crippen LogP contribution in [-0.2, 0) is 14.6 Å². The minimum atomic E-state index is -0.844. The van der Waals surface area contributed by atoms with E-state index in [1.807, 2.05) is 13.8 Å². The monoisotopic (exact) mass is 160 g/mol. The maximum Gasteiger partial charge on any atom is 0.325 e. The summed E-state index contributed by atoms with van der Waals surface area (Å²) in [6, 6.07) is -0.658. The molecule has 2 atom stereocenters. The summed E-state index contributed by atoms with van der Waals surface area (Å²) in [6.07, 6.45) is 0.801. The van der Waals surface area contributed by atoms with E-state index in [0.717, 1.165) is 6.42 Å². The Labute approximate surface area is 66.3 Å². The highest BCUT2D eigenvalue weighted by Crippen LogP contribution is 2.06. The van der Waals surface area contributed by atoms with Crippen molar-refractivity contribution in [3.63, 3.8) is 0 Å². The minimum absolute atomic E-state index is 0.0639. The average molecular weight is 160 g/mol. The first-order valence-electron chi connectivity index (χ1n) is 3.63. The summed E-state index contributed by atoms with van der Waals surface area (Å²) in [6.45, 7) is 2.93. The van der Waals surface area contributed by atoms with E-state index in [1.165, 1.54) is 0 Å². The van der Waals surface area contributed by atoms with Crippen molar-refractivity contribution in [2.24, 2.45) is 11.7 Å². The van der Waals surface area contributed by atoms with Gasteiger partial charge in [0.05, 0.1) is 0 Å². The van der Waals surface area contributed by atoms with Crippen molar-refractivity contribution >= 4 is 5.97 Å². The normalized spacial score (nSPS) is 15.6. The molecule has 0 rings (SSSR count). The Morgan fingerprint density at radius 3 is 2.55 bits per heavy atom. The third-order valence-corrected chi connectivity index (χ3v) is 1.73. The SMILES string of the molecule is CCC(C)C(N)C(=O)OC[O]. The van der Waals surface area contributed by atoms with Crippen LogP contribution in [-0.4, -0.2) is 18.8 Å². The zero-order valence-electron chi connectivity index (χ0n) is 6.87. The predicted octanol–water partition coefficient (Wildman–Crippen LogP) is 0.291. The number of carbonyl (C=O) groups excluding carboxylic acids is 1. The highest BCUT2D eigenvalue weighted by atomic mass is 16.6. The molecule has 0 aromatic rings. The molecule has 0 fully saturated rings. The summed E-state index contributed by atoms with van der Waals surface area (Å²) in [5, 5.41) is 9.86. The number of esters is 1. The molecule has 0 aromatic heterocycles. The van der Waals surface area contributed by atoms with Crippen LogP contribution in [0.1, 0.15) is 20.3 Å². The van der Waals surface area contributed by atoms with Gasteiger partial charge in [-0.05, 0) is 5.92 Å². The number of hydrogen-bond donors (Lipinski definition) is 1. The van der Waals surface area contributed by atoms with Crippen molar-refractivity contribution in [2.45, 2.75) is 26.3 Å². The van der Waals surface area contributed by atoms with Gasteiger partial charge in [0.25, 0.3) is 0 Å². The van der Waals surface area contributed by atoms with Gasteiger partial charge in [0.1, 0.15) is 6.04 Å². The average Bonchev–Trinajstić information content (AvgIpc) is 2.02. The predicted molar refractivity (Wildman–Crippen MR) is 39.1 cm³/mol. The fourth-order valence-corrected chi connectivity index (χ4v) is 0.641. The van der Waals surface area contributed by atoms with Crippen molar-refractivity contribution in [3.8, 4) is 0 Å². The van der Waals surface area contributed by atoms with Crippen molar-refractivity contribution in [1.82, 2.24) is 0 Å². The van der Waals surface area contributed by atoms with Crippen LogP contribution in [0.5, 0.6) is 0 Å². The van der Waals surface area contributed by atoms with Crippen LogP contribution in [0.4, 0.5) is 0 Å². The van der Waals surface area contributed by atoms with Gasteiger partial charge in [-0.3, -0.25) is 4.79 Å². The van der Waals surface area contributed by atoms with Gasteiger partial charge in [0, 0.05) is 0 Å². The lowest BCUT2D eigenvalue weighted by Crippen LogP contribution is -2.38. The molecule has 0 aliphatic heterocycles. The summed E-state index contributed by atoms with van der Waals surface area (Å²) in [7, 11) is 0. The molecular weight excluding hydrogens is 146 g/mol. The molecule has 2 N–H and O–H groups in total. The van der Waals surface area contributed by atoms with E-state index in [-0.39, 0.29) is 5.92 Å². The Balaban J connectivity index is 3.80. The molecule has 0 saturated carbocycles. The highest BCUT2D eigenvalue weighted by molar-refractivity contribution is 5.75. The molecule has 0 bridgehead atoms. The van der Waals surface area contributed by atoms with Gasteiger partial charge in [-0.25, -0.2) is 0 Å². The van der Waals surface area contributed by atoms with E-state index in [2.05, 4.69) is 4.74 Å². The number of carbonyl (C=O) groups is 1.